The number of carbonyl (C=O) groups is 3. The van der Waals surface area contributed by atoms with E-state index in [1.807, 2.05) is 18.2 Å². The summed E-state index contributed by atoms with van der Waals surface area (Å²) >= 11 is 0. The minimum absolute atomic E-state index is 0.00397. The van der Waals surface area contributed by atoms with E-state index in [-0.39, 0.29) is 29.4 Å². The molecule has 0 fully saturated rings. The number of hydrogen-bond acceptors (Lipinski definition) is 6. The number of nitrogens with one attached hydrogen (secondary N) is 1. The molecule has 7 nitrogen and oxygen atoms in total. The van der Waals surface area contributed by atoms with Gasteiger partial charge in [0.25, 0.3) is 5.91 Å². The molecule has 0 bridgehead atoms. The van der Waals surface area contributed by atoms with Crippen LogP contribution < -0.4 is 14.8 Å². The number of carbonyl (C=O) groups excluding carboxylic acids is 3. The van der Waals surface area contributed by atoms with Crippen LogP contribution in [0, 0.1) is 0 Å². The van der Waals surface area contributed by atoms with Crippen molar-refractivity contribution in [2.75, 3.05) is 19.5 Å². The van der Waals surface area contributed by atoms with E-state index >= 15 is 0 Å². The van der Waals surface area contributed by atoms with E-state index in [0.717, 1.165) is 0 Å². The van der Waals surface area contributed by atoms with Gasteiger partial charge in [0.1, 0.15) is 12.2 Å². The van der Waals surface area contributed by atoms with Gasteiger partial charge in [0.2, 0.25) is 0 Å². The first kappa shape index (κ1) is 21.6. The lowest BCUT2D eigenvalue weighted by Gasteiger charge is -2.14. The molecule has 0 radical (unpaired) electrons. The van der Waals surface area contributed by atoms with Crippen LogP contribution in [0.4, 0.5) is 5.69 Å². The molecule has 0 unspecified atom stereocenters. The molecule has 0 saturated carbocycles. The molecule has 1 amide bonds. The lowest BCUT2D eigenvalue weighted by Crippen LogP contribution is -2.12. The lowest BCUT2D eigenvalue weighted by molar-refractivity contribution is 0.0466. The number of esters is 1. The van der Waals surface area contributed by atoms with Gasteiger partial charge in [-0.15, -0.1) is 0 Å². The van der Waals surface area contributed by atoms with Crippen molar-refractivity contribution in [2.24, 2.45) is 0 Å². The Kier molecular flexibility index (Phi) is 7.01. The van der Waals surface area contributed by atoms with E-state index in [4.69, 9.17) is 14.2 Å². The number of amides is 1. The van der Waals surface area contributed by atoms with Crippen molar-refractivity contribution >= 4 is 23.9 Å². The summed E-state index contributed by atoms with van der Waals surface area (Å²) in [5, 5.41) is 2.80. The second kappa shape index (κ2) is 10.1. The van der Waals surface area contributed by atoms with Gasteiger partial charge in [0.05, 0.1) is 14.2 Å². The number of benzene rings is 3. The number of methoxy groups -OCH3 is 2. The van der Waals surface area contributed by atoms with Crippen molar-refractivity contribution in [3.63, 3.8) is 0 Å². The Hall–Kier alpha value is -4.13. The van der Waals surface area contributed by atoms with Crippen molar-refractivity contribution in [3.05, 3.63) is 89.0 Å². The number of rotatable bonds is 8. The SMILES string of the molecule is COc1ccc(C=O)c(C(=O)OCc2ccc(C(=O)Nc3ccccc3)cc2)c1OC. The van der Waals surface area contributed by atoms with Gasteiger partial charge in [0, 0.05) is 16.8 Å². The molecule has 0 aromatic heterocycles. The molecule has 31 heavy (non-hydrogen) atoms. The molecule has 0 atom stereocenters. The van der Waals surface area contributed by atoms with Gasteiger partial charge < -0.3 is 19.5 Å². The summed E-state index contributed by atoms with van der Waals surface area (Å²) in [6.07, 6.45) is 0.554. The van der Waals surface area contributed by atoms with Gasteiger partial charge in [-0.05, 0) is 42.0 Å². The van der Waals surface area contributed by atoms with Crippen LogP contribution in [-0.4, -0.2) is 32.4 Å². The third-order valence-corrected chi connectivity index (χ3v) is 4.53. The third kappa shape index (κ3) is 5.08. The van der Waals surface area contributed by atoms with Crippen molar-refractivity contribution in [1.29, 1.82) is 0 Å². The van der Waals surface area contributed by atoms with Crippen LogP contribution in [-0.2, 0) is 11.3 Å². The smallest absolute Gasteiger partial charge is 0.343 e. The van der Waals surface area contributed by atoms with Crippen molar-refractivity contribution < 1.29 is 28.6 Å². The first-order chi connectivity index (χ1) is 15.1. The minimum Gasteiger partial charge on any atom is -0.493 e. The topological polar surface area (TPSA) is 90.9 Å². The van der Waals surface area contributed by atoms with E-state index in [1.165, 1.54) is 20.3 Å². The highest BCUT2D eigenvalue weighted by Crippen LogP contribution is 2.33. The summed E-state index contributed by atoms with van der Waals surface area (Å²) in [5.74, 6) is -0.519. The van der Waals surface area contributed by atoms with Gasteiger partial charge in [-0.1, -0.05) is 30.3 Å². The zero-order chi connectivity index (χ0) is 22.2. The van der Waals surface area contributed by atoms with Gasteiger partial charge in [-0.3, -0.25) is 9.59 Å². The zero-order valence-corrected chi connectivity index (χ0v) is 17.1. The maximum Gasteiger partial charge on any atom is 0.343 e. The number of anilines is 1. The van der Waals surface area contributed by atoms with Gasteiger partial charge in [0.15, 0.2) is 17.8 Å². The maximum atomic E-state index is 12.6. The predicted octanol–water partition coefficient (Wildman–Crippen LogP) is 4.13. The third-order valence-electron chi connectivity index (χ3n) is 4.53. The zero-order valence-electron chi connectivity index (χ0n) is 17.1. The van der Waals surface area contributed by atoms with Crippen LogP contribution >= 0.6 is 0 Å². The molecule has 0 aliphatic heterocycles. The molecule has 0 heterocycles. The highest BCUT2D eigenvalue weighted by molar-refractivity contribution is 6.04. The Labute approximate surface area is 179 Å². The Balaban J connectivity index is 1.69. The van der Waals surface area contributed by atoms with E-state index in [2.05, 4.69) is 5.32 Å². The van der Waals surface area contributed by atoms with Crippen LogP contribution in [0.2, 0.25) is 0 Å². The molecule has 0 aliphatic rings. The number of hydrogen-bond donors (Lipinski definition) is 1. The Bertz CT molecular complexity index is 1080. The largest absolute Gasteiger partial charge is 0.493 e. The molecular formula is C24H21NO6. The minimum atomic E-state index is -0.719. The van der Waals surface area contributed by atoms with Crippen LogP contribution in [0.5, 0.6) is 11.5 Å². The normalized spacial score (nSPS) is 10.1. The molecule has 3 rings (SSSR count). The average molecular weight is 419 g/mol. The van der Waals surface area contributed by atoms with Crippen LogP contribution in [0.15, 0.2) is 66.7 Å². The quantitative estimate of drug-likeness (QED) is 0.436. The monoisotopic (exact) mass is 419 g/mol. The molecule has 0 saturated heterocycles. The molecule has 0 spiro atoms. The van der Waals surface area contributed by atoms with Gasteiger partial charge in [-0.2, -0.15) is 0 Å². The molecule has 3 aromatic rings. The van der Waals surface area contributed by atoms with E-state index in [0.29, 0.717) is 28.8 Å². The number of ether oxygens (including phenoxy) is 3. The summed E-state index contributed by atoms with van der Waals surface area (Å²) in [7, 11) is 2.81. The predicted molar refractivity (Wildman–Crippen MR) is 115 cm³/mol. The Morgan fingerprint density at radius 2 is 1.61 bits per heavy atom. The van der Waals surface area contributed by atoms with Gasteiger partial charge in [-0.25, -0.2) is 4.79 Å². The van der Waals surface area contributed by atoms with E-state index in [1.54, 1.807) is 42.5 Å². The summed E-state index contributed by atoms with van der Waals surface area (Å²) in [6.45, 7) is -0.0436. The van der Waals surface area contributed by atoms with Crippen LogP contribution in [0.25, 0.3) is 0 Å². The second-order valence-corrected chi connectivity index (χ2v) is 6.48. The molecule has 7 heteroatoms. The summed E-state index contributed by atoms with van der Waals surface area (Å²) in [4.78, 5) is 36.3. The molecule has 1 N–H and O–H groups in total. The van der Waals surface area contributed by atoms with Crippen molar-refractivity contribution in [1.82, 2.24) is 0 Å². The maximum absolute atomic E-state index is 12.6. The first-order valence-corrected chi connectivity index (χ1v) is 9.40. The number of para-hydroxylation sites is 1. The molecule has 158 valence electrons. The van der Waals surface area contributed by atoms with E-state index < -0.39 is 5.97 Å². The van der Waals surface area contributed by atoms with Crippen molar-refractivity contribution in [2.45, 2.75) is 6.61 Å². The highest BCUT2D eigenvalue weighted by atomic mass is 16.5. The fourth-order valence-corrected chi connectivity index (χ4v) is 2.95. The molecule has 0 aliphatic carbocycles. The standard InChI is InChI=1S/C24H21NO6/c1-29-20-13-12-18(14-26)21(22(20)30-2)24(28)31-15-16-8-10-17(11-9-16)23(27)25-19-6-4-3-5-7-19/h3-14H,15H2,1-2H3,(H,25,27). The Morgan fingerprint density at radius 1 is 0.903 bits per heavy atom. The fraction of sp³-hybridized carbons (Fsp3) is 0.125. The summed E-state index contributed by atoms with van der Waals surface area (Å²) in [5.41, 5.74) is 1.98. The summed E-state index contributed by atoms with van der Waals surface area (Å²) < 4.78 is 15.8. The summed E-state index contributed by atoms with van der Waals surface area (Å²) in [6, 6.07) is 18.8. The molecule has 3 aromatic carbocycles. The highest BCUT2D eigenvalue weighted by Gasteiger charge is 2.22. The lowest BCUT2D eigenvalue weighted by atomic mass is 10.1. The van der Waals surface area contributed by atoms with Crippen LogP contribution in [0.1, 0.15) is 36.6 Å². The average Bonchev–Trinajstić information content (AvgIpc) is 2.82. The van der Waals surface area contributed by atoms with Crippen molar-refractivity contribution in [3.8, 4) is 11.5 Å². The fourth-order valence-electron chi connectivity index (χ4n) is 2.95. The number of aldehydes is 1. The van der Waals surface area contributed by atoms with E-state index in [9.17, 15) is 14.4 Å². The Morgan fingerprint density at radius 3 is 2.23 bits per heavy atom. The van der Waals surface area contributed by atoms with Gasteiger partial charge >= 0.3 is 5.97 Å². The molecular weight excluding hydrogens is 398 g/mol. The first-order valence-electron chi connectivity index (χ1n) is 9.40. The second-order valence-electron chi connectivity index (χ2n) is 6.48. The van der Waals surface area contributed by atoms with Crippen LogP contribution in [0.3, 0.4) is 0 Å².